The molecule has 0 spiro atoms. The van der Waals surface area contributed by atoms with Crippen LogP contribution in [0.25, 0.3) is 0 Å². The summed E-state index contributed by atoms with van der Waals surface area (Å²) in [5.41, 5.74) is 2.79. The normalized spacial score (nSPS) is 11.9. The lowest BCUT2D eigenvalue weighted by molar-refractivity contribution is -0.129. The molecular weight excluding hydrogens is 384 g/mol. The van der Waals surface area contributed by atoms with Crippen molar-refractivity contribution in [1.82, 2.24) is 10.6 Å². The van der Waals surface area contributed by atoms with E-state index >= 15 is 0 Å². The summed E-state index contributed by atoms with van der Waals surface area (Å²) in [6.07, 6.45) is 0.437. The first kappa shape index (κ1) is 22.3. The van der Waals surface area contributed by atoms with Crippen LogP contribution in [0.1, 0.15) is 36.5 Å². The van der Waals surface area contributed by atoms with Crippen LogP contribution in [0.2, 0.25) is 0 Å². The minimum Gasteiger partial charge on any atom is -0.354 e. The van der Waals surface area contributed by atoms with Crippen molar-refractivity contribution >= 4 is 11.8 Å². The molecule has 1 atom stereocenters. The van der Waals surface area contributed by atoms with Crippen LogP contribution in [-0.4, -0.2) is 24.4 Å². The molecule has 3 aromatic rings. The van der Waals surface area contributed by atoms with E-state index in [0.29, 0.717) is 18.9 Å². The number of hydrogen-bond donors (Lipinski definition) is 2. The molecule has 0 unspecified atom stereocenters. The summed E-state index contributed by atoms with van der Waals surface area (Å²) in [5.74, 6) is -0.499. The molecule has 0 aliphatic heterocycles. The van der Waals surface area contributed by atoms with Crippen LogP contribution >= 0.6 is 0 Å². The van der Waals surface area contributed by atoms with Gasteiger partial charge in [-0.2, -0.15) is 0 Å². The molecule has 4 nitrogen and oxygen atoms in total. The van der Waals surface area contributed by atoms with E-state index in [9.17, 15) is 9.59 Å². The number of hydrogen-bond acceptors (Lipinski definition) is 2. The Balaban J connectivity index is 1.86. The van der Waals surface area contributed by atoms with Crippen molar-refractivity contribution in [3.63, 3.8) is 0 Å². The van der Waals surface area contributed by atoms with E-state index in [1.165, 1.54) is 0 Å². The standard InChI is InChI=1S/C27H30N2O2/c1-20(2)19-28-26(30)24(18-21-12-6-3-7-13-21)29-27(31)25(22-14-8-4-9-15-22)23-16-10-5-11-17-23/h3-17,20,24-25H,18-19H2,1-2H3,(H,28,30)(H,29,31)/t24-/m1/s1. The average Bonchev–Trinajstić information content (AvgIpc) is 2.79. The first-order valence-electron chi connectivity index (χ1n) is 10.8. The highest BCUT2D eigenvalue weighted by molar-refractivity contribution is 5.92. The predicted octanol–water partition coefficient (Wildman–Crippen LogP) is 4.32. The maximum absolute atomic E-state index is 13.5. The second-order valence-corrected chi connectivity index (χ2v) is 8.14. The molecule has 0 heterocycles. The fourth-order valence-electron chi connectivity index (χ4n) is 3.53. The predicted molar refractivity (Wildman–Crippen MR) is 125 cm³/mol. The Morgan fingerprint density at radius 2 is 1.19 bits per heavy atom. The highest BCUT2D eigenvalue weighted by Gasteiger charge is 2.28. The zero-order chi connectivity index (χ0) is 22.1. The molecule has 2 amide bonds. The molecule has 0 aliphatic rings. The minimum absolute atomic E-state index is 0.161. The van der Waals surface area contributed by atoms with Gasteiger partial charge in [0.05, 0.1) is 5.92 Å². The van der Waals surface area contributed by atoms with Crippen LogP contribution in [0.15, 0.2) is 91.0 Å². The van der Waals surface area contributed by atoms with Crippen molar-refractivity contribution in [2.75, 3.05) is 6.54 Å². The van der Waals surface area contributed by atoms with Gasteiger partial charge < -0.3 is 10.6 Å². The smallest absolute Gasteiger partial charge is 0.242 e. The molecular formula is C27H30N2O2. The molecule has 4 heteroatoms. The lowest BCUT2D eigenvalue weighted by atomic mass is 9.90. The zero-order valence-electron chi connectivity index (χ0n) is 18.1. The van der Waals surface area contributed by atoms with Gasteiger partial charge >= 0.3 is 0 Å². The molecule has 0 radical (unpaired) electrons. The van der Waals surface area contributed by atoms with Gasteiger partial charge in [-0.3, -0.25) is 9.59 Å². The van der Waals surface area contributed by atoms with Crippen molar-refractivity contribution in [2.24, 2.45) is 5.92 Å². The number of carbonyl (C=O) groups is 2. The van der Waals surface area contributed by atoms with E-state index in [1.54, 1.807) is 0 Å². The Morgan fingerprint density at radius 3 is 1.68 bits per heavy atom. The van der Waals surface area contributed by atoms with Gasteiger partial charge in [0.15, 0.2) is 0 Å². The summed E-state index contributed by atoms with van der Waals surface area (Å²) in [4.78, 5) is 26.5. The fourth-order valence-corrected chi connectivity index (χ4v) is 3.53. The fraction of sp³-hybridized carbons (Fsp3) is 0.259. The molecule has 2 N–H and O–H groups in total. The van der Waals surface area contributed by atoms with Crippen molar-refractivity contribution in [2.45, 2.75) is 32.2 Å². The molecule has 160 valence electrons. The quantitative estimate of drug-likeness (QED) is 0.548. The van der Waals surface area contributed by atoms with Crippen LogP contribution in [0.4, 0.5) is 0 Å². The van der Waals surface area contributed by atoms with Crippen molar-refractivity contribution < 1.29 is 9.59 Å². The van der Waals surface area contributed by atoms with Gasteiger partial charge in [-0.25, -0.2) is 0 Å². The van der Waals surface area contributed by atoms with Crippen LogP contribution in [0.5, 0.6) is 0 Å². The van der Waals surface area contributed by atoms with Crippen molar-refractivity contribution in [1.29, 1.82) is 0 Å². The molecule has 0 aromatic heterocycles. The maximum atomic E-state index is 13.5. The molecule has 0 saturated carbocycles. The highest BCUT2D eigenvalue weighted by atomic mass is 16.2. The second-order valence-electron chi connectivity index (χ2n) is 8.14. The number of carbonyl (C=O) groups excluding carboxylic acids is 2. The summed E-state index contributed by atoms with van der Waals surface area (Å²) in [6, 6.07) is 28.5. The van der Waals surface area contributed by atoms with E-state index in [-0.39, 0.29) is 11.8 Å². The van der Waals surface area contributed by atoms with Gasteiger partial charge in [-0.05, 0) is 22.6 Å². The molecule has 3 rings (SSSR count). The van der Waals surface area contributed by atoms with Gasteiger partial charge in [-0.1, -0.05) is 105 Å². The van der Waals surface area contributed by atoms with E-state index in [2.05, 4.69) is 10.6 Å². The van der Waals surface area contributed by atoms with Gasteiger partial charge in [0.1, 0.15) is 6.04 Å². The van der Waals surface area contributed by atoms with Crippen molar-refractivity contribution in [3.05, 3.63) is 108 Å². The third-order valence-electron chi connectivity index (χ3n) is 5.13. The summed E-state index contributed by atoms with van der Waals surface area (Å²) >= 11 is 0. The average molecular weight is 415 g/mol. The Bertz CT molecular complexity index is 917. The summed E-state index contributed by atoms with van der Waals surface area (Å²) in [5, 5.41) is 6.01. The third-order valence-corrected chi connectivity index (χ3v) is 5.13. The van der Waals surface area contributed by atoms with Crippen LogP contribution in [0, 0.1) is 5.92 Å². The topological polar surface area (TPSA) is 58.2 Å². The lowest BCUT2D eigenvalue weighted by Crippen LogP contribution is -2.50. The molecule has 0 fully saturated rings. The van der Waals surface area contributed by atoms with Crippen molar-refractivity contribution in [3.8, 4) is 0 Å². The SMILES string of the molecule is CC(C)CNC(=O)[C@@H](Cc1ccccc1)NC(=O)C(c1ccccc1)c1ccccc1. The third kappa shape index (κ3) is 6.54. The second kappa shape index (κ2) is 11.1. The number of nitrogens with one attached hydrogen (secondary N) is 2. The summed E-state index contributed by atoms with van der Waals surface area (Å²) in [7, 11) is 0. The van der Waals surface area contributed by atoms with Gasteiger partial charge in [0.25, 0.3) is 0 Å². The largest absolute Gasteiger partial charge is 0.354 e. The summed E-state index contributed by atoms with van der Waals surface area (Å²) < 4.78 is 0. The van der Waals surface area contributed by atoms with E-state index in [0.717, 1.165) is 16.7 Å². The Kier molecular flexibility index (Phi) is 7.99. The van der Waals surface area contributed by atoms with E-state index in [1.807, 2.05) is 105 Å². The van der Waals surface area contributed by atoms with Crippen LogP contribution in [-0.2, 0) is 16.0 Å². The molecule has 0 bridgehead atoms. The summed E-state index contributed by atoms with van der Waals surface area (Å²) in [6.45, 7) is 4.67. The monoisotopic (exact) mass is 414 g/mol. The lowest BCUT2D eigenvalue weighted by Gasteiger charge is -2.23. The van der Waals surface area contributed by atoms with Crippen LogP contribution < -0.4 is 10.6 Å². The first-order valence-corrected chi connectivity index (χ1v) is 10.8. The minimum atomic E-state index is -0.649. The molecule has 31 heavy (non-hydrogen) atoms. The van der Waals surface area contributed by atoms with E-state index in [4.69, 9.17) is 0 Å². The Morgan fingerprint density at radius 1 is 0.710 bits per heavy atom. The number of amides is 2. The van der Waals surface area contributed by atoms with Gasteiger partial charge in [0.2, 0.25) is 11.8 Å². The number of rotatable bonds is 9. The molecule has 0 saturated heterocycles. The van der Waals surface area contributed by atoms with Gasteiger partial charge in [-0.15, -0.1) is 0 Å². The maximum Gasteiger partial charge on any atom is 0.242 e. The number of benzene rings is 3. The Labute approximate surface area is 184 Å². The first-order chi connectivity index (χ1) is 15.0. The van der Waals surface area contributed by atoms with Crippen LogP contribution in [0.3, 0.4) is 0 Å². The Hall–Kier alpha value is -3.40. The van der Waals surface area contributed by atoms with E-state index < -0.39 is 12.0 Å². The molecule has 0 aliphatic carbocycles. The van der Waals surface area contributed by atoms with Gasteiger partial charge in [0, 0.05) is 13.0 Å². The highest BCUT2D eigenvalue weighted by Crippen LogP contribution is 2.25. The zero-order valence-corrected chi connectivity index (χ0v) is 18.1. The molecule has 3 aromatic carbocycles.